The average Bonchev–Trinajstić information content (AvgIpc) is 2.72. The normalized spacial score (nSPS) is 13.0. The molecule has 2 aromatic carbocycles. The lowest BCUT2D eigenvalue weighted by atomic mass is 10.0. The number of nitrogens with zero attached hydrogens (tertiary/aromatic N) is 3. The molecule has 0 fully saturated rings. The van der Waals surface area contributed by atoms with Crippen molar-refractivity contribution in [2.45, 2.75) is 12.8 Å². The third-order valence-corrected chi connectivity index (χ3v) is 4.85. The first-order valence-electron chi connectivity index (χ1n) is 8.91. The van der Waals surface area contributed by atoms with Crippen molar-refractivity contribution in [3.05, 3.63) is 71.0 Å². The van der Waals surface area contributed by atoms with Gasteiger partial charge in [-0.1, -0.05) is 35.9 Å². The predicted octanol–water partition coefficient (Wildman–Crippen LogP) is 3.55. The molecule has 1 aliphatic heterocycles. The van der Waals surface area contributed by atoms with E-state index >= 15 is 0 Å². The van der Waals surface area contributed by atoms with Gasteiger partial charge in [-0.05, 0) is 42.7 Å². The third-order valence-electron chi connectivity index (χ3n) is 4.61. The zero-order valence-corrected chi connectivity index (χ0v) is 15.8. The number of hydrogen-bond acceptors (Lipinski definition) is 6. The van der Waals surface area contributed by atoms with Gasteiger partial charge in [0.1, 0.15) is 12.0 Å². The van der Waals surface area contributed by atoms with Gasteiger partial charge in [-0.15, -0.1) is 0 Å². The number of amides is 1. The van der Waals surface area contributed by atoms with Crippen molar-refractivity contribution < 1.29 is 4.79 Å². The highest BCUT2D eigenvalue weighted by Crippen LogP contribution is 2.36. The van der Waals surface area contributed by atoms with Crippen LogP contribution in [0, 0.1) is 0 Å². The molecule has 0 unspecified atom stereocenters. The minimum Gasteiger partial charge on any atom is -0.393 e. The Morgan fingerprint density at radius 2 is 2.00 bits per heavy atom. The molecular formula is C20H19ClN6O. The number of benzene rings is 2. The molecule has 0 spiro atoms. The van der Waals surface area contributed by atoms with Crippen LogP contribution >= 0.6 is 11.6 Å². The number of halogens is 1. The van der Waals surface area contributed by atoms with E-state index in [1.807, 2.05) is 12.1 Å². The van der Waals surface area contributed by atoms with E-state index in [9.17, 15) is 4.79 Å². The molecule has 3 aromatic rings. The summed E-state index contributed by atoms with van der Waals surface area (Å²) in [5.74, 6) is 0.607. The molecule has 142 valence electrons. The monoisotopic (exact) mass is 394 g/mol. The van der Waals surface area contributed by atoms with E-state index in [0.717, 1.165) is 25.1 Å². The van der Waals surface area contributed by atoms with Gasteiger partial charge >= 0.3 is 0 Å². The summed E-state index contributed by atoms with van der Waals surface area (Å²) in [6.07, 6.45) is 3.46. The van der Waals surface area contributed by atoms with Crippen LogP contribution in [-0.4, -0.2) is 22.4 Å². The molecule has 1 aromatic heterocycles. The van der Waals surface area contributed by atoms with Crippen LogP contribution in [0.1, 0.15) is 22.3 Å². The molecule has 28 heavy (non-hydrogen) atoms. The maximum Gasteiger partial charge on any atom is 0.269 e. The van der Waals surface area contributed by atoms with Gasteiger partial charge in [-0.25, -0.2) is 9.97 Å². The molecule has 0 bridgehead atoms. The van der Waals surface area contributed by atoms with Crippen molar-refractivity contribution in [1.29, 1.82) is 0 Å². The maximum absolute atomic E-state index is 12.3. The van der Waals surface area contributed by atoms with Crippen LogP contribution in [0.3, 0.4) is 0 Å². The summed E-state index contributed by atoms with van der Waals surface area (Å²) in [6, 6.07) is 14.9. The lowest BCUT2D eigenvalue weighted by molar-refractivity contribution is 0.0962. The van der Waals surface area contributed by atoms with Crippen LogP contribution < -0.4 is 21.5 Å². The predicted molar refractivity (Wildman–Crippen MR) is 111 cm³/mol. The number of hydrazine groups is 1. The summed E-state index contributed by atoms with van der Waals surface area (Å²) in [5, 5.41) is 0.486. The van der Waals surface area contributed by atoms with Crippen LogP contribution in [0.2, 0.25) is 5.02 Å². The molecule has 8 heteroatoms. The smallest absolute Gasteiger partial charge is 0.269 e. The van der Waals surface area contributed by atoms with Crippen molar-refractivity contribution in [3.63, 3.8) is 0 Å². The number of para-hydroxylation sites is 1. The zero-order chi connectivity index (χ0) is 19.5. The Morgan fingerprint density at radius 1 is 1.14 bits per heavy atom. The van der Waals surface area contributed by atoms with Crippen LogP contribution in [0.25, 0.3) is 0 Å². The highest BCUT2D eigenvalue weighted by molar-refractivity contribution is 6.30. The van der Waals surface area contributed by atoms with Gasteiger partial charge < -0.3 is 10.6 Å². The van der Waals surface area contributed by atoms with Crippen LogP contribution in [0.15, 0.2) is 54.9 Å². The first kappa shape index (κ1) is 18.1. The SMILES string of the molecule is Nc1c(NNC(=O)c2cccc(Cl)c2)ncnc1N1CCCc2ccccc21. The molecule has 7 nitrogen and oxygen atoms in total. The van der Waals surface area contributed by atoms with Gasteiger partial charge in [0.2, 0.25) is 0 Å². The molecular weight excluding hydrogens is 376 g/mol. The summed E-state index contributed by atoms with van der Waals surface area (Å²) in [7, 11) is 0. The number of carbonyl (C=O) groups is 1. The van der Waals surface area contributed by atoms with Gasteiger partial charge in [0, 0.05) is 22.8 Å². The highest BCUT2D eigenvalue weighted by Gasteiger charge is 2.22. The number of aryl methyl sites for hydroxylation is 1. The standard InChI is InChI=1S/C20H19ClN6O/c21-15-8-3-6-14(11-15)20(28)26-25-18-17(22)19(24-12-23-18)27-10-4-7-13-5-1-2-9-16(13)27/h1-3,5-6,8-9,11-12H,4,7,10,22H2,(H,26,28)(H,23,24,25). The number of carbonyl (C=O) groups excluding carboxylic acids is 1. The van der Waals surface area contributed by atoms with E-state index < -0.39 is 0 Å². The van der Waals surface area contributed by atoms with E-state index in [-0.39, 0.29) is 5.91 Å². The number of nitrogens with two attached hydrogens (primary N) is 1. The van der Waals surface area contributed by atoms with E-state index in [0.29, 0.717) is 27.9 Å². The van der Waals surface area contributed by atoms with Gasteiger partial charge in [0.25, 0.3) is 5.91 Å². The summed E-state index contributed by atoms with van der Waals surface area (Å²) in [6.45, 7) is 0.812. The number of hydrogen-bond donors (Lipinski definition) is 3. The Bertz CT molecular complexity index is 1030. The Hall–Kier alpha value is -3.32. The van der Waals surface area contributed by atoms with E-state index in [4.69, 9.17) is 17.3 Å². The second-order valence-electron chi connectivity index (χ2n) is 6.43. The van der Waals surface area contributed by atoms with Gasteiger partial charge in [-0.3, -0.25) is 15.6 Å². The van der Waals surface area contributed by atoms with E-state index in [2.05, 4.69) is 37.9 Å². The lowest BCUT2D eigenvalue weighted by Gasteiger charge is -2.31. The minimum absolute atomic E-state index is 0.337. The fourth-order valence-corrected chi connectivity index (χ4v) is 3.46. The zero-order valence-electron chi connectivity index (χ0n) is 15.0. The fourth-order valence-electron chi connectivity index (χ4n) is 3.27. The highest BCUT2D eigenvalue weighted by atomic mass is 35.5. The van der Waals surface area contributed by atoms with Crippen LogP contribution in [0.4, 0.5) is 23.0 Å². The topological polar surface area (TPSA) is 96.2 Å². The summed E-state index contributed by atoms with van der Waals surface area (Å²) >= 11 is 5.93. The Kier molecular flexibility index (Phi) is 4.99. The van der Waals surface area contributed by atoms with Gasteiger partial charge in [0.15, 0.2) is 11.6 Å². The number of rotatable bonds is 4. The summed E-state index contributed by atoms with van der Waals surface area (Å²) < 4.78 is 0. The molecule has 1 aliphatic rings. The van der Waals surface area contributed by atoms with Gasteiger partial charge in [-0.2, -0.15) is 0 Å². The number of nitrogens with one attached hydrogen (secondary N) is 2. The summed E-state index contributed by atoms with van der Waals surface area (Å²) in [5.41, 5.74) is 14.8. The van der Waals surface area contributed by atoms with Crippen molar-refractivity contribution in [2.75, 3.05) is 22.6 Å². The minimum atomic E-state index is -0.342. The molecule has 1 amide bonds. The molecule has 0 saturated heterocycles. The van der Waals surface area contributed by atoms with Crippen molar-refractivity contribution in [3.8, 4) is 0 Å². The molecule has 4 rings (SSSR count). The second-order valence-corrected chi connectivity index (χ2v) is 6.87. The molecule has 0 aliphatic carbocycles. The summed E-state index contributed by atoms with van der Waals surface area (Å²) in [4.78, 5) is 22.9. The van der Waals surface area contributed by atoms with Crippen molar-refractivity contribution in [2.24, 2.45) is 0 Å². The largest absolute Gasteiger partial charge is 0.393 e. The maximum atomic E-state index is 12.3. The molecule has 2 heterocycles. The Morgan fingerprint density at radius 3 is 2.86 bits per heavy atom. The first-order chi connectivity index (χ1) is 13.6. The molecule has 0 radical (unpaired) electrons. The second kappa shape index (κ2) is 7.74. The third kappa shape index (κ3) is 3.57. The Labute approximate surface area is 167 Å². The lowest BCUT2D eigenvalue weighted by Crippen LogP contribution is -2.31. The quantitative estimate of drug-likeness (QED) is 0.585. The number of aromatic nitrogens is 2. The number of nitrogen functional groups attached to an aromatic ring is 1. The molecule has 0 saturated carbocycles. The number of anilines is 4. The first-order valence-corrected chi connectivity index (χ1v) is 9.29. The average molecular weight is 395 g/mol. The van der Waals surface area contributed by atoms with Gasteiger partial charge in [0.05, 0.1) is 0 Å². The van der Waals surface area contributed by atoms with E-state index in [1.165, 1.54) is 11.9 Å². The number of fused-ring (bicyclic) bond motifs is 1. The van der Waals surface area contributed by atoms with Crippen LogP contribution in [0.5, 0.6) is 0 Å². The van der Waals surface area contributed by atoms with E-state index in [1.54, 1.807) is 24.3 Å². The molecule has 4 N–H and O–H groups in total. The van der Waals surface area contributed by atoms with Crippen molar-refractivity contribution in [1.82, 2.24) is 15.4 Å². The fraction of sp³-hybridized carbons (Fsp3) is 0.150. The Balaban J connectivity index is 1.56. The van der Waals surface area contributed by atoms with Crippen LogP contribution in [-0.2, 0) is 6.42 Å². The molecule has 0 atom stereocenters. The van der Waals surface area contributed by atoms with Crippen molar-refractivity contribution >= 4 is 40.5 Å².